The molecular weight excluding hydrogens is 178 g/mol. The molecule has 1 aliphatic carbocycles. The molecule has 2 rings (SSSR count). The van der Waals surface area contributed by atoms with E-state index >= 15 is 0 Å². The maximum atomic E-state index is 10.7. The van der Waals surface area contributed by atoms with Gasteiger partial charge < -0.3 is 4.74 Å². The topological polar surface area (TPSA) is 39.2 Å². The lowest BCUT2D eigenvalue weighted by atomic mass is 10.1. The number of aldehydes is 1. The van der Waals surface area contributed by atoms with Gasteiger partial charge in [0.1, 0.15) is 5.75 Å². The van der Waals surface area contributed by atoms with E-state index in [1.807, 2.05) is 6.92 Å². The van der Waals surface area contributed by atoms with Crippen molar-refractivity contribution >= 4 is 6.29 Å². The molecule has 0 bridgehead atoms. The first-order valence-corrected chi connectivity index (χ1v) is 4.94. The summed E-state index contributed by atoms with van der Waals surface area (Å²) in [5, 5.41) is 0. The monoisotopic (exact) mass is 191 g/mol. The number of carbonyl (C=O) groups is 1. The fourth-order valence-electron chi connectivity index (χ4n) is 1.43. The Balaban J connectivity index is 2.30. The summed E-state index contributed by atoms with van der Waals surface area (Å²) in [6.45, 7) is 2.02. The zero-order valence-corrected chi connectivity index (χ0v) is 8.19. The molecular formula is C11H13NO2. The van der Waals surface area contributed by atoms with Gasteiger partial charge in [0.05, 0.1) is 12.3 Å². The molecule has 0 radical (unpaired) electrons. The van der Waals surface area contributed by atoms with Crippen molar-refractivity contribution in [3.05, 3.63) is 23.5 Å². The molecule has 14 heavy (non-hydrogen) atoms. The molecule has 1 aromatic rings. The molecule has 0 aromatic carbocycles. The van der Waals surface area contributed by atoms with Crippen LogP contribution in [0.15, 0.2) is 12.4 Å². The third-order valence-corrected chi connectivity index (χ3v) is 2.35. The average Bonchev–Trinajstić information content (AvgIpc) is 3.01. The van der Waals surface area contributed by atoms with Gasteiger partial charge in [-0.25, -0.2) is 0 Å². The summed E-state index contributed by atoms with van der Waals surface area (Å²) in [5.74, 6) is 0.777. The summed E-state index contributed by atoms with van der Waals surface area (Å²) in [7, 11) is 0. The lowest BCUT2D eigenvalue weighted by Crippen LogP contribution is -2.02. The molecule has 0 spiro atoms. The molecule has 0 saturated heterocycles. The maximum Gasteiger partial charge on any atom is 0.152 e. The van der Waals surface area contributed by atoms with E-state index in [4.69, 9.17) is 4.74 Å². The molecule has 1 fully saturated rings. The number of rotatable bonds is 4. The number of aromatic nitrogens is 1. The van der Waals surface area contributed by atoms with E-state index in [1.165, 1.54) is 0 Å². The zero-order chi connectivity index (χ0) is 9.97. The SMILES string of the molecule is CCc1c(C=O)cncc1OC1CC1. The van der Waals surface area contributed by atoms with Crippen molar-refractivity contribution < 1.29 is 9.53 Å². The Morgan fingerprint density at radius 2 is 2.36 bits per heavy atom. The molecule has 0 aliphatic heterocycles. The molecule has 1 aromatic heterocycles. The first kappa shape index (κ1) is 9.19. The van der Waals surface area contributed by atoms with Gasteiger partial charge >= 0.3 is 0 Å². The molecule has 1 aliphatic rings. The van der Waals surface area contributed by atoms with Crippen molar-refractivity contribution in [2.45, 2.75) is 32.3 Å². The molecule has 1 saturated carbocycles. The second-order valence-corrected chi connectivity index (χ2v) is 3.49. The fourth-order valence-corrected chi connectivity index (χ4v) is 1.43. The van der Waals surface area contributed by atoms with Crippen molar-refractivity contribution in [3.8, 4) is 5.75 Å². The fraction of sp³-hybridized carbons (Fsp3) is 0.455. The van der Waals surface area contributed by atoms with Gasteiger partial charge in [0.25, 0.3) is 0 Å². The summed E-state index contributed by atoms with van der Waals surface area (Å²) >= 11 is 0. The van der Waals surface area contributed by atoms with Gasteiger partial charge in [-0.1, -0.05) is 6.92 Å². The van der Waals surface area contributed by atoms with Gasteiger partial charge in [-0.2, -0.15) is 0 Å². The average molecular weight is 191 g/mol. The van der Waals surface area contributed by atoms with Crippen molar-refractivity contribution in [1.29, 1.82) is 0 Å². The number of hydrogen-bond acceptors (Lipinski definition) is 3. The van der Waals surface area contributed by atoms with E-state index in [9.17, 15) is 4.79 Å². The van der Waals surface area contributed by atoms with Crippen LogP contribution in [0.3, 0.4) is 0 Å². The van der Waals surface area contributed by atoms with Gasteiger partial charge in [0.2, 0.25) is 0 Å². The minimum atomic E-state index is 0.351. The minimum Gasteiger partial charge on any atom is -0.489 e. The minimum absolute atomic E-state index is 0.351. The molecule has 0 N–H and O–H groups in total. The van der Waals surface area contributed by atoms with Crippen LogP contribution in [-0.2, 0) is 6.42 Å². The Hall–Kier alpha value is -1.38. The van der Waals surface area contributed by atoms with Crippen molar-refractivity contribution in [1.82, 2.24) is 4.98 Å². The quantitative estimate of drug-likeness (QED) is 0.683. The first-order chi connectivity index (χ1) is 6.85. The molecule has 74 valence electrons. The summed E-state index contributed by atoms with van der Waals surface area (Å²) in [6.07, 6.45) is 7.52. The van der Waals surface area contributed by atoms with Gasteiger partial charge in [0, 0.05) is 17.3 Å². The second-order valence-electron chi connectivity index (χ2n) is 3.49. The van der Waals surface area contributed by atoms with E-state index in [1.54, 1.807) is 12.4 Å². The van der Waals surface area contributed by atoms with E-state index in [0.717, 1.165) is 36.9 Å². The zero-order valence-electron chi connectivity index (χ0n) is 8.19. The van der Waals surface area contributed by atoms with Crippen LogP contribution in [-0.4, -0.2) is 17.4 Å². The van der Waals surface area contributed by atoms with Gasteiger partial charge in [-0.15, -0.1) is 0 Å². The number of nitrogens with zero attached hydrogens (tertiary/aromatic N) is 1. The summed E-state index contributed by atoms with van der Waals surface area (Å²) in [5.41, 5.74) is 1.62. The van der Waals surface area contributed by atoms with Gasteiger partial charge in [0.15, 0.2) is 6.29 Å². The van der Waals surface area contributed by atoms with E-state index in [0.29, 0.717) is 11.7 Å². The highest BCUT2D eigenvalue weighted by Crippen LogP contribution is 2.29. The molecule has 1 heterocycles. The number of carbonyl (C=O) groups excluding carboxylic acids is 1. The molecule has 0 unspecified atom stereocenters. The Bertz CT molecular complexity index is 345. The maximum absolute atomic E-state index is 10.7. The number of hydrogen-bond donors (Lipinski definition) is 0. The largest absolute Gasteiger partial charge is 0.489 e. The highest BCUT2D eigenvalue weighted by Gasteiger charge is 2.24. The first-order valence-electron chi connectivity index (χ1n) is 4.94. The van der Waals surface area contributed by atoms with Crippen molar-refractivity contribution in [2.24, 2.45) is 0 Å². The van der Waals surface area contributed by atoms with Crippen molar-refractivity contribution in [3.63, 3.8) is 0 Å². The predicted molar refractivity (Wildman–Crippen MR) is 52.7 cm³/mol. The third kappa shape index (κ3) is 1.76. The van der Waals surface area contributed by atoms with Crippen LogP contribution < -0.4 is 4.74 Å². The lowest BCUT2D eigenvalue weighted by Gasteiger charge is -2.10. The predicted octanol–water partition coefficient (Wildman–Crippen LogP) is 2.00. The Morgan fingerprint density at radius 1 is 1.57 bits per heavy atom. The van der Waals surface area contributed by atoms with E-state index < -0.39 is 0 Å². The van der Waals surface area contributed by atoms with Crippen LogP contribution in [0, 0.1) is 0 Å². The third-order valence-electron chi connectivity index (χ3n) is 2.35. The normalized spacial score (nSPS) is 15.2. The lowest BCUT2D eigenvalue weighted by molar-refractivity contribution is 0.112. The molecule has 0 atom stereocenters. The summed E-state index contributed by atoms with van der Waals surface area (Å²) in [6, 6.07) is 0. The van der Waals surface area contributed by atoms with Crippen LogP contribution in [0.5, 0.6) is 5.75 Å². The van der Waals surface area contributed by atoms with Crippen LogP contribution >= 0.6 is 0 Å². The molecule has 3 nitrogen and oxygen atoms in total. The standard InChI is InChI=1S/C11H13NO2/c1-2-10-8(7-13)5-12-6-11(10)14-9-3-4-9/h5-7,9H,2-4H2,1H3. The van der Waals surface area contributed by atoms with Gasteiger partial charge in [-0.05, 0) is 19.3 Å². The van der Waals surface area contributed by atoms with Crippen molar-refractivity contribution in [2.75, 3.05) is 0 Å². The molecule has 0 amide bonds. The van der Waals surface area contributed by atoms with E-state index in [2.05, 4.69) is 4.98 Å². The van der Waals surface area contributed by atoms with Crippen LogP contribution in [0.25, 0.3) is 0 Å². The Morgan fingerprint density at radius 3 is 2.93 bits per heavy atom. The smallest absolute Gasteiger partial charge is 0.152 e. The Kier molecular flexibility index (Phi) is 2.48. The summed E-state index contributed by atoms with van der Waals surface area (Å²) < 4.78 is 5.67. The highest BCUT2D eigenvalue weighted by molar-refractivity contribution is 5.77. The van der Waals surface area contributed by atoms with Crippen LogP contribution in [0.4, 0.5) is 0 Å². The summed E-state index contributed by atoms with van der Waals surface area (Å²) in [4.78, 5) is 14.7. The Labute approximate surface area is 83.1 Å². The van der Waals surface area contributed by atoms with Crippen LogP contribution in [0.2, 0.25) is 0 Å². The highest BCUT2D eigenvalue weighted by atomic mass is 16.5. The number of ether oxygens (including phenoxy) is 1. The van der Waals surface area contributed by atoms with E-state index in [-0.39, 0.29) is 0 Å². The van der Waals surface area contributed by atoms with Gasteiger partial charge in [-0.3, -0.25) is 9.78 Å². The second kappa shape index (κ2) is 3.78. The molecule has 3 heteroatoms. The van der Waals surface area contributed by atoms with Crippen LogP contribution in [0.1, 0.15) is 35.7 Å². The number of pyridine rings is 1.